The number of hydrogen-bond acceptors (Lipinski definition) is 6. The van der Waals surface area contributed by atoms with Crippen molar-refractivity contribution in [3.05, 3.63) is 47.8 Å². The maximum absolute atomic E-state index is 12.0. The summed E-state index contributed by atoms with van der Waals surface area (Å²) in [7, 11) is -3.35. The lowest BCUT2D eigenvalue weighted by Crippen LogP contribution is -2.30. The monoisotopic (exact) mass is 349 g/mol. The molecule has 8 heteroatoms. The third-order valence-corrected chi connectivity index (χ3v) is 4.51. The number of anilines is 2. The van der Waals surface area contributed by atoms with Gasteiger partial charge < -0.3 is 10.6 Å². The first-order valence-corrected chi connectivity index (χ1v) is 9.48. The molecule has 0 unspecified atom stereocenters. The van der Waals surface area contributed by atoms with Crippen LogP contribution in [0.25, 0.3) is 0 Å². The van der Waals surface area contributed by atoms with E-state index >= 15 is 0 Å². The predicted octanol–water partition coefficient (Wildman–Crippen LogP) is 1.75. The van der Waals surface area contributed by atoms with Crippen molar-refractivity contribution in [1.29, 1.82) is 0 Å². The lowest BCUT2D eigenvalue weighted by molar-refractivity contribution is 0.582. The summed E-state index contributed by atoms with van der Waals surface area (Å²) >= 11 is 0. The van der Waals surface area contributed by atoms with E-state index in [-0.39, 0.29) is 12.3 Å². The first-order valence-electron chi connectivity index (χ1n) is 7.83. The van der Waals surface area contributed by atoms with E-state index in [4.69, 9.17) is 0 Å². The number of benzene rings is 1. The van der Waals surface area contributed by atoms with E-state index in [0.29, 0.717) is 18.2 Å². The van der Waals surface area contributed by atoms with Crippen LogP contribution in [-0.4, -0.2) is 38.0 Å². The van der Waals surface area contributed by atoms with Crippen LogP contribution in [0.1, 0.15) is 18.3 Å². The fourth-order valence-electron chi connectivity index (χ4n) is 2.17. The van der Waals surface area contributed by atoms with E-state index in [1.807, 2.05) is 32.0 Å². The largest absolute Gasteiger partial charge is 0.370 e. The number of hydrogen-bond donors (Lipinski definition) is 3. The molecule has 0 aliphatic heterocycles. The second-order valence-electron chi connectivity index (χ2n) is 5.28. The van der Waals surface area contributed by atoms with Crippen LogP contribution in [0.3, 0.4) is 0 Å². The highest BCUT2D eigenvalue weighted by atomic mass is 32.2. The van der Waals surface area contributed by atoms with Crippen molar-refractivity contribution < 1.29 is 8.42 Å². The van der Waals surface area contributed by atoms with Crippen LogP contribution in [0.4, 0.5) is 11.6 Å². The Morgan fingerprint density at radius 2 is 1.67 bits per heavy atom. The Kier molecular flexibility index (Phi) is 6.51. The average Bonchev–Trinajstić information content (AvgIpc) is 2.52. The molecule has 0 radical (unpaired) electrons. The van der Waals surface area contributed by atoms with Crippen LogP contribution < -0.4 is 15.4 Å². The molecule has 24 heavy (non-hydrogen) atoms. The zero-order chi connectivity index (χ0) is 17.4. The number of aromatic nitrogens is 2. The Balaban J connectivity index is 1.82. The van der Waals surface area contributed by atoms with E-state index in [9.17, 15) is 8.42 Å². The molecule has 0 saturated carbocycles. The second-order valence-corrected chi connectivity index (χ2v) is 7.09. The maximum atomic E-state index is 12.0. The fourth-order valence-corrected chi connectivity index (χ4v) is 3.32. The lowest BCUT2D eigenvalue weighted by Gasteiger charge is -2.10. The van der Waals surface area contributed by atoms with Crippen molar-refractivity contribution in [2.45, 2.75) is 19.6 Å². The van der Waals surface area contributed by atoms with Crippen molar-refractivity contribution in [1.82, 2.24) is 14.7 Å². The molecule has 0 aliphatic carbocycles. The number of rotatable bonds is 9. The molecule has 2 aromatic rings. The quantitative estimate of drug-likeness (QED) is 0.597. The molecule has 7 nitrogen and oxygen atoms in total. The van der Waals surface area contributed by atoms with Crippen LogP contribution in [0, 0.1) is 6.92 Å². The smallest absolute Gasteiger partial charge is 0.215 e. The van der Waals surface area contributed by atoms with Gasteiger partial charge in [0.05, 0.1) is 5.75 Å². The molecule has 0 saturated heterocycles. The van der Waals surface area contributed by atoms with Gasteiger partial charge in [-0.2, -0.15) is 0 Å². The maximum Gasteiger partial charge on any atom is 0.215 e. The topological polar surface area (TPSA) is 96.0 Å². The van der Waals surface area contributed by atoms with Gasteiger partial charge in [0.1, 0.15) is 17.5 Å². The Morgan fingerprint density at radius 3 is 2.33 bits per heavy atom. The first kappa shape index (κ1) is 18.2. The predicted molar refractivity (Wildman–Crippen MR) is 96.5 cm³/mol. The van der Waals surface area contributed by atoms with Gasteiger partial charge in [0.15, 0.2) is 0 Å². The normalized spacial score (nSPS) is 11.2. The Labute approximate surface area is 143 Å². The van der Waals surface area contributed by atoms with E-state index in [0.717, 1.165) is 17.9 Å². The highest BCUT2D eigenvalue weighted by molar-refractivity contribution is 7.88. The van der Waals surface area contributed by atoms with Gasteiger partial charge in [-0.1, -0.05) is 30.3 Å². The van der Waals surface area contributed by atoms with Crippen molar-refractivity contribution in [3.63, 3.8) is 0 Å². The minimum Gasteiger partial charge on any atom is -0.370 e. The number of nitrogens with one attached hydrogen (secondary N) is 3. The van der Waals surface area contributed by atoms with Crippen LogP contribution in [0.15, 0.2) is 36.4 Å². The fraction of sp³-hybridized carbons (Fsp3) is 0.375. The van der Waals surface area contributed by atoms with Crippen LogP contribution in [0.5, 0.6) is 0 Å². The van der Waals surface area contributed by atoms with Gasteiger partial charge in [0, 0.05) is 25.7 Å². The molecule has 2 rings (SSSR count). The highest BCUT2D eigenvalue weighted by Gasteiger charge is 2.10. The van der Waals surface area contributed by atoms with E-state index in [2.05, 4.69) is 25.3 Å². The van der Waals surface area contributed by atoms with Gasteiger partial charge in [-0.25, -0.2) is 23.1 Å². The molecule has 0 fully saturated rings. The summed E-state index contributed by atoms with van der Waals surface area (Å²) in [5.74, 6) is 2.05. The van der Waals surface area contributed by atoms with Gasteiger partial charge in [-0.05, 0) is 19.4 Å². The molecule has 0 amide bonds. The average molecular weight is 349 g/mol. The lowest BCUT2D eigenvalue weighted by atomic mass is 10.2. The Bertz CT molecular complexity index is 750. The third-order valence-electron chi connectivity index (χ3n) is 3.15. The standard InChI is InChI=1S/C16H23N5O2S/c1-3-17-15-11-16(21-13(2)20-15)18-9-10-19-24(22,23)12-14-7-5-4-6-8-14/h4-8,11,19H,3,9-10,12H2,1-2H3,(H2,17,18,20,21). The highest BCUT2D eigenvalue weighted by Crippen LogP contribution is 2.10. The number of nitrogens with zero attached hydrogens (tertiary/aromatic N) is 2. The first-order chi connectivity index (χ1) is 11.5. The summed E-state index contributed by atoms with van der Waals surface area (Å²) in [6.07, 6.45) is 0. The summed E-state index contributed by atoms with van der Waals surface area (Å²) in [6.45, 7) is 5.31. The zero-order valence-electron chi connectivity index (χ0n) is 13.9. The number of aryl methyl sites for hydroxylation is 1. The van der Waals surface area contributed by atoms with Gasteiger partial charge in [-0.15, -0.1) is 0 Å². The molecule has 0 spiro atoms. The summed E-state index contributed by atoms with van der Waals surface area (Å²) in [4.78, 5) is 8.54. The Hall–Kier alpha value is -2.19. The third kappa shape index (κ3) is 6.13. The molecular weight excluding hydrogens is 326 g/mol. The second kappa shape index (κ2) is 8.60. The van der Waals surface area contributed by atoms with Gasteiger partial charge in [0.2, 0.25) is 10.0 Å². The van der Waals surface area contributed by atoms with Gasteiger partial charge >= 0.3 is 0 Å². The molecule has 3 N–H and O–H groups in total. The summed E-state index contributed by atoms with van der Waals surface area (Å²) in [6, 6.07) is 10.9. The summed E-state index contributed by atoms with van der Waals surface area (Å²) in [5, 5.41) is 6.23. The van der Waals surface area contributed by atoms with Crippen LogP contribution in [0.2, 0.25) is 0 Å². The molecular formula is C16H23N5O2S. The van der Waals surface area contributed by atoms with Crippen molar-refractivity contribution in [2.24, 2.45) is 0 Å². The molecule has 130 valence electrons. The minimum absolute atomic E-state index is 0.0228. The van der Waals surface area contributed by atoms with Crippen molar-refractivity contribution >= 4 is 21.7 Å². The molecule has 1 aromatic heterocycles. The van der Waals surface area contributed by atoms with Crippen LogP contribution >= 0.6 is 0 Å². The summed E-state index contributed by atoms with van der Waals surface area (Å²) in [5.41, 5.74) is 0.764. The summed E-state index contributed by atoms with van der Waals surface area (Å²) < 4.78 is 26.6. The molecule has 0 aliphatic rings. The van der Waals surface area contributed by atoms with E-state index in [1.165, 1.54) is 0 Å². The van der Waals surface area contributed by atoms with Crippen molar-refractivity contribution in [3.8, 4) is 0 Å². The van der Waals surface area contributed by atoms with Gasteiger partial charge in [0.25, 0.3) is 0 Å². The van der Waals surface area contributed by atoms with E-state index < -0.39 is 10.0 Å². The molecule has 1 heterocycles. The Morgan fingerprint density at radius 1 is 1.00 bits per heavy atom. The zero-order valence-corrected chi connectivity index (χ0v) is 14.7. The minimum atomic E-state index is -3.35. The van der Waals surface area contributed by atoms with Crippen molar-refractivity contribution in [2.75, 3.05) is 30.3 Å². The molecule has 0 atom stereocenters. The molecule has 0 bridgehead atoms. The van der Waals surface area contributed by atoms with Gasteiger partial charge in [-0.3, -0.25) is 0 Å². The molecule has 1 aromatic carbocycles. The number of sulfonamides is 1. The van der Waals surface area contributed by atoms with E-state index in [1.54, 1.807) is 18.2 Å². The van der Waals surface area contributed by atoms with Crippen LogP contribution in [-0.2, 0) is 15.8 Å². The SMILES string of the molecule is CCNc1cc(NCCNS(=O)(=O)Cc2ccccc2)nc(C)n1.